The molecule has 0 aromatic carbocycles. The van der Waals surface area contributed by atoms with E-state index in [1.54, 1.807) is 0 Å². The van der Waals surface area contributed by atoms with Crippen LogP contribution in [0.3, 0.4) is 0 Å². The highest BCUT2D eigenvalue weighted by Crippen LogP contribution is 2.48. The summed E-state index contributed by atoms with van der Waals surface area (Å²) >= 11 is 0. The van der Waals surface area contributed by atoms with Crippen molar-refractivity contribution in [2.45, 2.75) is 25.4 Å². The number of hydrogen-bond donors (Lipinski definition) is 2. The molecule has 2 bridgehead atoms. The Morgan fingerprint density at radius 3 is 2.58 bits per heavy atom. The Morgan fingerprint density at radius 1 is 1.25 bits per heavy atom. The molecule has 0 radical (unpaired) electrons. The SMILES string of the molecule is OCC#CC1C2CCC(C2)C1O. The van der Waals surface area contributed by atoms with Gasteiger partial charge in [-0.1, -0.05) is 11.8 Å². The van der Waals surface area contributed by atoms with Crippen molar-refractivity contribution in [3.63, 3.8) is 0 Å². The van der Waals surface area contributed by atoms with Crippen LogP contribution in [0.1, 0.15) is 19.3 Å². The lowest BCUT2D eigenvalue weighted by Crippen LogP contribution is -2.26. The average molecular weight is 166 g/mol. The summed E-state index contributed by atoms with van der Waals surface area (Å²) in [4.78, 5) is 0. The second-order valence-electron chi connectivity index (χ2n) is 3.83. The van der Waals surface area contributed by atoms with E-state index in [0.717, 1.165) is 6.42 Å². The van der Waals surface area contributed by atoms with Crippen LogP contribution in [0.5, 0.6) is 0 Å². The van der Waals surface area contributed by atoms with Crippen molar-refractivity contribution in [2.24, 2.45) is 17.8 Å². The van der Waals surface area contributed by atoms with E-state index in [0.29, 0.717) is 11.8 Å². The smallest absolute Gasteiger partial charge is 0.104 e. The molecule has 2 rings (SSSR count). The highest BCUT2D eigenvalue weighted by Gasteiger charge is 2.45. The van der Waals surface area contributed by atoms with Crippen molar-refractivity contribution < 1.29 is 10.2 Å². The standard InChI is InChI=1S/C10H14O2/c11-5-1-2-9-7-3-4-8(6-7)10(9)12/h7-12H,3-6H2. The van der Waals surface area contributed by atoms with E-state index in [1.165, 1.54) is 12.8 Å². The third kappa shape index (κ3) is 1.14. The Balaban J connectivity index is 2.07. The third-order valence-electron chi connectivity index (χ3n) is 3.22. The number of aliphatic hydroxyl groups excluding tert-OH is 2. The molecule has 0 heterocycles. The van der Waals surface area contributed by atoms with Gasteiger partial charge in [-0.15, -0.1) is 0 Å². The first-order valence-corrected chi connectivity index (χ1v) is 4.60. The number of hydrogen-bond acceptors (Lipinski definition) is 2. The summed E-state index contributed by atoms with van der Waals surface area (Å²) in [5, 5.41) is 18.2. The fourth-order valence-corrected chi connectivity index (χ4v) is 2.63. The van der Waals surface area contributed by atoms with Crippen molar-refractivity contribution in [3.8, 4) is 11.8 Å². The second kappa shape index (κ2) is 3.08. The zero-order valence-electron chi connectivity index (χ0n) is 7.03. The molecule has 0 aliphatic heterocycles. The summed E-state index contributed by atoms with van der Waals surface area (Å²) in [6.45, 7) is -0.0827. The number of aliphatic hydroxyl groups is 2. The van der Waals surface area contributed by atoms with Crippen molar-refractivity contribution in [1.82, 2.24) is 0 Å². The summed E-state index contributed by atoms with van der Waals surface area (Å²) in [5.74, 6) is 6.86. The van der Waals surface area contributed by atoms with Crippen molar-refractivity contribution in [2.75, 3.05) is 6.61 Å². The predicted octanol–water partition coefficient (Wildman–Crippen LogP) is 0.389. The molecule has 0 amide bonds. The van der Waals surface area contributed by atoms with Gasteiger partial charge in [0, 0.05) is 5.92 Å². The zero-order chi connectivity index (χ0) is 8.55. The largest absolute Gasteiger partial charge is 0.392 e. The Labute approximate surface area is 72.6 Å². The molecular formula is C10H14O2. The maximum atomic E-state index is 9.72. The highest BCUT2D eigenvalue weighted by molar-refractivity contribution is 5.13. The minimum Gasteiger partial charge on any atom is -0.392 e. The first kappa shape index (κ1) is 8.10. The first-order chi connectivity index (χ1) is 5.83. The normalized spacial score (nSPS) is 44.2. The summed E-state index contributed by atoms with van der Waals surface area (Å²) in [6, 6.07) is 0. The molecule has 2 heteroatoms. The van der Waals surface area contributed by atoms with Gasteiger partial charge in [-0.25, -0.2) is 0 Å². The molecule has 2 fully saturated rings. The van der Waals surface area contributed by atoms with Crippen LogP contribution in [0.25, 0.3) is 0 Å². The van der Waals surface area contributed by atoms with E-state index in [4.69, 9.17) is 5.11 Å². The second-order valence-corrected chi connectivity index (χ2v) is 3.83. The number of fused-ring (bicyclic) bond motifs is 2. The van der Waals surface area contributed by atoms with Gasteiger partial charge in [-0.05, 0) is 31.1 Å². The van der Waals surface area contributed by atoms with Gasteiger partial charge in [-0.2, -0.15) is 0 Å². The summed E-state index contributed by atoms with van der Waals surface area (Å²) < 4.78 is 0. The van der Waals surface area contributed by atoms with E-state index >= 15 is 0 Å². The van der Waals surface area contributed by atoms with Gasteiger partial charge in [0.25, 0.3) is 0 Å². The van der Waals surface area contributed by atoms with E-state index < -0.39 is 0 Å². The van der Waals surface area contributed by atoms with Gasteiger partial charge in [0.05, 0.1) is 6.10 Å². The Hall–Kier alpha value is -0.520. The fourth-order valence-electron chi connectivity index (χ4n) is 2.63. The Bertz CT molecular complexity index is 224. The highest BCUT2D eigenvalue weighted by atomic mass is 16.3. The Morgan fingerprint density at radius 2 is 2.00 bits per heavy atom. The van der Waals surface area contributed by atoms with Crippen LogP contribution >= 0.6 is 0 Å². The summed E-state index contributed by atoms with van der Waals surface area (Å²) in [6.07, 6.45) is 3.31. The van der Waals surface area contributed by atoms with Crippen LogP contribution in [-0.2, 0) is 0 Å². The molecular weight excluding hydrogens is 152 g/mol. The molecule has 0 saturated heterocycles. The molecule has 0 aromatic rings. The lowest BCUT2D eigenvalue weighted by molar-refractivity contribution is 0.0839. The van der Waals surface area contributed by atoms with E-state index in [-0.39, 0.29) is 18.6 Å². The quantitative estimate of drug-likeness (QED) is 0.511. The number of rotatable bonds is 0. The van der Waals surface area contributed by atoms with Crippen LogP contribution in [0.4, 0.5) is 0 Å². The summed E-state index contributed by atoms with van der Waals surface area (Å²) in [7, 11) is 0. The lowest BCUT2D eigenvalue weighted by atomic mass is 9.87. The minimum atomic E-state index is -0.220. The summed E-state index contributed by atoms with van der Waals surface area (Å²) in [5.41, 5.74) is 0. The predicted molar refractivity (Wildman–Crippen MR) is 45.2 cm³/mol. The van der Waals surface area contributed by atoms with Crippen LogP contribution in [0.2, 0.25) is 0 Å². The Kier molecular flexibility index (Phi) is 2.08. The van der Waals surface area contributed by atoms with Gasteiger partial charge in [0.15, 0.2) is 0 Å². The minimum absolute atomic E-state index is 0.0827. The monoisotopic (exact) mass is 166 g/mol. The topological polar surface area (TPSA) is 40.5 Å². The van der Waals surface area contributed by atoms with Crippen LogP contribution in [0, 0.1) is 29.6 Å². The molecule has 2 nitrogen and oxygen atoms in total. The first-order valence-electron chi connectivity index (χ1n) is 4.60. The van der Waals surface area contributed by atoms with Crippen LogP contribution in [-0.4, -0.2) is 22.9 Å². The van der Waals surface area contributed by atoms with Gasteiger partial charge < -0.3 is 10.2 Å². The van der Waals surface area contributed by atoms with Crippen molar-refractivity contribution in [1.29, 1.82) is 0 Å². The zero-order valence-corrected chi connectivity index (χ0v) is 7.03. The average Bonchev–Trinajstić information content (AvgIpc) is 2.62. The van der Waals surface area contributed by atoms with Crippen molar-refractivity contribution in [3.05, 3.63) is 0 Å². The van der Waals surface area contributed by atoms with E-state index in [1.807, 2.05) is 0 Å². The molecule has 0 spiro atoms. The molecule has 2 aliphatic rings. The molecule has 2 aliphatic carbocycles. The van der Waals surface area contributed by atoms with Gasteiger partial charge in [0.2, 0.25) is 0 Å². The third-order valence-corrected chi connectivity index (χ3v) is 3.22. The molecule has 2 N–H and O–H groups in total. The van der Waals surface area contributed by atoms with E-state index in [2.05, 4.69) is 11.8 Å². The van der Waals surface area contributed by atoms with Gasteiger partial charge >= 0.3 is 0 Å². The molecule has 2 saturated carbocycles. The molecule has 66 valence electrons. The lowest BCUT2D eigenvalue weighted by Gasteiger charge is -2.22. The van der Waals surface area contributed by atoms with Crippen LogP contribution in [0.15, 0.2) is 0 Å². The van der Waals surface area contributed by atoms with Gasteiger partial charge in [0.1, 0.15) is 6.61 Å². The molecule has 12 heavy (non-hydrogen) atoms. The molecule has 0 aromatic heterocycles. The van der Waals surface area contributed by atoms with Crippen LogP contribution < -0.4 is 0 Å². The van der Waals surface area contributed by atoms with Crippen molar-refractivity contribution >= 4 is 0 Å². The maximum absolute atomic E-state index is 9.72. The maximum Gasteiger partial charge on any atom is 0.104 e. The molecule has 4 unspecified atom stereocenters. The molecule has 4 atom stereocenters. The fraction of sp³-hybridized carbons (Fsp3) is 0.800. The van der Waals surface area contributed by atoms with Gasteiger partial charge in [-0.3, -0.25) is 0 Å². The van der Waals surface area contributed by atoms with E-state index in [9.17, 15) is 5.11 Å².